The first kappa shape index (κ1) is 22.6. The van der Waals surface area contributed by atoms with Crippen LogP contribution in [0.5, 0.6) is 11.5 Å². The summed E-state index contributed by atoms with van der Waals surface area (Å²) in [6.45, 7) is 4.08. The van der Waals surface area contributed by atoms with E-state index >= 15 is 0 Å². The average molecular weight is 419 g/mol. The third kappa shape index (κ3) is 5.41. The predicted octanol–water partition coefficient (Wildman–Crippen LogP) is 3.77. The Morgan fingerprint density at radius 2 is 1.76 bits per heavy atom. The number of benzene rings is 2. The molecule has 0 heterocycles. The fraction of sp³-hybridized carbons (Fsp3) is 0.364. The molecule has 0 saturated carbocycles. The minimum atomic E-state index is -0.694. The van der Waals surface area contributed by atoms with Crippen LogP contribution in [0.3, 0.4) is 0 Å². The predicted molar refractivity (Wildman–Crippen MR) is 114 cm³/mol. The molecule has 1 N–H and O–H groups in total. The molecule has 7 heteroatoms. The van der Waals surface area contributed by atoms with E-state index in [1.165, 1.54) is 0 Å². The Kier molecular flexibility index (Phi) is 7.91. The molecule has 1 atom stereocenters. The van der Waals surface area contributed by atoms with Crippen LogP contribution in [0.1, 0.15) is 29.8 Å². The van der Waals surface area contributed by atoms with Gasteiger partial charge in [0.05, 0.1) is 24.8 Å². The third-order valence-corrected chi connectivity index (χ3v) is 4.94. The molecule has 0 fully saturated rings. The first-order valence-corrected chi connectivity index (χ1v) is 9.68. The molecule has 156 valence electrons. The lowest BCUT2D eigenvalue weighted by atomic mass is 10.0. The maximum absolute atomic E-state index is 13.1. The summed E-state index contributed by atoms with van der Waals surface area (Å²) in [5.41, 5.74) is 1.15. The lowest BCUT2D eigenvalue weighted by Gasteiger charge is -2.28. The molecule has 2 amide bonds. The number of nitrogens with zero attached hydrogens (tertiary/aromatic N) is 1. The Labute approximate surface area is 176 Å². The fourth-order valence-corrected chi connectivity index (χ4v) is 3.25. The summed E-state index contributed by atoms with van der Waals surface area (Å²) < 4.78 is 10.8. The van der Waals surface area contributed by atoms with Gasteiger partial charge in [-0.1, -0.05) is 49.7 Å². The first-order chi connectivity index (χ1) is 13.8. The molecule has 0 aliphatic rings. The van der Waals surface area contributed by atoms with Crippen LogP contribution >= 0.6 is 11.6 Å². The van der Waals surface area contributed by atoms with Crippen LogP contribution in [0, 0.1) is 5.92 Å². The van der Waals surface area contributed by atoms with Gasteiger partial charge in [0.2, 0.25) is 5.91 Å². The molecule has 0 bridgehead atoms. The highest BCUT2D eigenvalue weighted by Crippen LogP contribution is 2.31. The molecule has 2 aromatic rings. The Hall–Kier alpha value is -2.73. The van der Waals surface area contributed by atoms with E-state index in [9.17, 15) is 9.59 Å². The summed E-state index contributed by atoms with van der Waals surface area (Å²) in [5.74, 6) is 0.484. The minimum absolute atomic E-state index is 0.108. The minimum Gasteiger partial charge on any atom is -0.493 e. The molecule has 29 heavy (non-hydrogen) atoms. The molecule has 0 aliphatic heterocycles. The second-order valence-corrected chi connectivity index (χ2v) is 7.43. The van der Waals surface area contributed by atoms with E-state index in [-0.39, 0.29) is 17.7 Å². The van der Waals surface area contributed by atoms with Crippen LogP contribution < -0.4 is 14.8 Å². The van der Waals surface area contributed by atoms with E-state index in [2.05, 4.69) is 5.32 Å². The number of nitrogens with one attached hydrogen (secondary N) is 1. The number of amides is 2. The topological polar surface area (TPSA) is 67.9 Å². The average Bonchev–Trinajstić information content (AvgIpc) is 2.71. The van der Waals surface area contributed by atoms with Gasteiger partial charge in [0.1, 0.15) is 6.04 Å². The van der Waals surface area contributed by atoms with Gasteiger partial charge in [0, 0.05) is 19.2 Å². The maximum atomic E-state index is 13.1. The van der Waals surface area contributed by atoms with E-state index in [1.54, 1.807) is 56.5 Å². The van der Waals surface area contributed by atoms with Crippen LogP contribution in [0.4, 0.5) is 0 Å². The number of carbonyl (C=O) groups excluding carboxylic acids is 2. The number of likely N-dealkylation sites (N-methyl/N-ethyl adjacent to an activating group) is 1. The second kappa shape index (κ2) is 10.2. The maximum Gasteiger partial charge on any atom is 0.253 e. The molecular formula is C22H27ClN2O4. The summed E-state index contributed by atoms with van der Waals surface area (Å²) in [6.07, 6.45) is 0. The molecule has 2 rings (SSSR count). The number of hydrogen-bond donors (Lipinski definition) is 1. The van der Waals surface area contributed by atoms with Crippen LogP contribution in [0.2, 0.25) is 5.02 Å². The highest BCUT2D eigenvalue weighted by Gasteiger charge is 2.28. The number of halogens is 1. The van der Waals surface area contributed by atoms with E-state index in [1.807, 2.05) is 26.0 Å². The van der Waals surface area contributed by atoms with Gasteiger partial charge in [-0.25, -0.2) is 0 Å². The molecule has 2 aromatic carbocycles. The van der Waals surface area contributed by atoms with E-state index in [4.69, 9.17) is 21.1 Å². The normalized spacial score (nSPS) is 11.7. The number of para-hydroxylation sites is 1. The van der Waals surface area contributed by atoms with Gasteiger partial charge in [-0.05, 0) is 24.1 Å². The molecular weight excluding hydrogens is 392 g/mol. The summed E-state index contributed by atoms with van der Waals surface area (Å²) in [5, 5.41) is 3.16. The van der Waals surface area contributed by atoms with Gasteiger partial charge < -0.3 is 19.7 Å². The van der Waals surface area contributed by atoms with E-state index in [0.717, 1.165) is 5.56 Å². The van der Waals surface area contributed by atoms with Crippen molar-refractivity contribution >= 4 is 23.4 Å². The van der Waals surface area contributed by atoms with Crippen molar-refractivity contribution in [2.45, 2.75) is 26.4 Å². The van der Waals surface area contributed by atoms with Crippen molar-refractivity contribution in [1.29, 1.82) is 0 Å². The lowest BCUT2D eigenvalue weighted by molar-refractivity contribution is -0.133. The second-order valence-electron chi connectivity index (χ2n) is 7.02. The van der Waals surface area contributed by atoms with Crippen LogP contribution in [0.15, 0.2) is 42.5 Å². The molecule has 6 nitrogen and oxygen atoms in total. The molecule has 0 spiro atoms. The number of rotatable bonds is 8. The SMILES string of the molecule is COc1cccc(CN(C)C(=O)[C@H](NC(=O)c2ccccc2Cl)C(C)C)c1OC. The van der Waals surface area contributed by atoms with Gasteiger partial charge in [-0.2, -0.15) is 0 Å². The van der Waals surface area contributed by atoms with Gasteiger partial charge in [-0.15, -0.1) is 0 Å². The van der Waals surface area contributed by atoms with Crippen molar-refractivity contribution in [2.75, 3.05) is 21.3 Å². The standard InChI is InChI=1S/C22H27ClN2O4/c1-14(2)19(24-21(26)16-10-6-7-11-17(16)23)22(27)25(3)13-15-9-8-12-18(28-4)20(15)29-5/h6-12,14,19H,13H2,1-5H3,(H,24,26)/t19-/m1/s1. The Morgan fingerprint density at radius 3 is 2.34 bits per heavy atom. The zero-order chi connectivity index (χ0) is 21.6. The highest BCUT2D eigenvalue weighted by molar-refractivity contribution is 6.33. The van der Waals surface area contributed by atoms with Crippen LogP contribution in [0.25, 0.3) is 0 Å². The van der Waals surface area contributed by atoms with E-state index < -0.39 is 6.04 Å². The zero-order valence-electron chi connectivity index (χ0n) is 17.4. The summed E-state index contributed by atoms with van der Waals surface area (Å²) in [6, 6.07) is 11.6. The molecule has 0 aliphatic carbocycles. The van der Waals surface area contributed by atoms with Crippen molar-refractivity contribution in [3.63, 3.8) is 0 Å². The number of ether oxygens (including phenoxy) is 2. The monoisotopic (exact) mass is 418 g/mol. The number of carbonyl (C=O) groups is 2. The smallest absolute Gasteiger partial charge is 0.253 e. The van der Waals surface area contributed by atoms with Gasteiger partial charge in [0.25, 0.3) is 5.91 Å². The Morgan fingerprint density at radius 1 is 1.07 bits per heavy atom. The van der Waals surface area contributed by atoms with Gasteiger partial charge in [-0.3, -0.25) is 9.59 Å². The Bertz CT molecular complexity index is 870. The van der Waals surface area contributed by atoms with Crippen molar-refractivity contribution in [2.24, 2.45) is 5.92 Å². The van der Waals surface area contributed by atoms with E-state index in [0.29, 0.717) is 28.6 Å². The van der Waals surface area contributed by atoms with Crippen molar-refractivity contribution in [3.8, 4) is 11.5 Å². The van der Waals surface area contributed by atoms with Gasteiger partial charge >= 0.3 is 0 Å². The Balaban J connectivity index is 2.19. The number of hydrogen-bond acceptors (Lipinski definition) is 4. The first-order valence-electron chi connectivity index (χ1n) is 9.30. The van der Waals surface area contributed by atoms with Crippen molar-refractivity contribution in [1.82, 2.24) is 10.2 Å². The molecule has 0 unspecified atom stereocenters. The third-order valence-electron chi connectivity index (χ3n) is 4.61. The van der Waals surface area contributed by atoms with Gasteiger partial charge in [0.15, 0.2) is 11.5 Å². The summed E-state index contributed by atoms with van der Waals surface area (Å²) in [7, 11) is 4.82. The largest absolute Gasteiger partial charge is 0.493 e. The van der Waals surface area contributed by atoms with Crippen molar-refractivity contribution < 1.29 is 19.1 Å². The van der Waals surface area contributed by atoms with Crippen LogP contribution in [-0.4, -0.2) is 44.0 Å². The molecule has 0 radical (unpaired) electrons. The fourth-order valence-electron chi connectivity index (χ4n) is 3.03. The molecule has 0 aromatic heterocycles. The van der Waals surface area contributed by atoms with Crippen LogP contribution in [-0.2, 0) is 11.3 Å². The highest BCUT2D eigenvalue weighted by atomic mass is 35.5. The quantitative estimate of drug-likeness (QED) is 0.708. The lowest BCUT2D eigenvalue weighted by Crippen LogP contribution is -2.50. The number of methoxy groups -OCH3 is 2. The summed E-state index contributed by atoms with van der Waals surface area (Å²) >= 11 is 6.11. The summed E-state index contributed by atoms with van der Waals surface area (Å²) in [4.78, 5) is 27.3. The zero-order valence-corrected chi connectivity index (χ0v) is 18.1. The molecule has 0 saturated heterocycles. The van der Waals surface area contributed by atoms with Crippen molar-refractivity contribution in [3.05, 3.63) is 58.6 Å².